The summed E-state index contributed by atoms with van der Waals surface area (Å²) in [6, 6.07) is 12.8. The number of rotatable bonds is 6. The number of amides is 1. The Labute approximate surface area is 164 Å². The molecule has 2 aliphatic rings. The normalized spacial score (nSPS) is 20.0. The van der Waals surface area contributed by atoms with Gasteiger partial charge in [0.05, 0.1) is 31.3 Å². The van der Waals surface area contributed by atoms with Gasteiger partial charge in [0.15, 0.2) is 0 Å². The van der Waals surface area contributed by atoms with E-state index in [1.807, 2.05) is 23.2 Å². The number of pyridine rings is 1. The molecule has 1 atom stereocenters. The van der Waals surface area contributed by atoms with E-state index >= 15 is 0 Å². The Morgan fingerprint density at radius 2 is 2.25 bits per heavy atom. The van der Waals surface area contributed by atoms with E-state index < -0.39 is 0 Å². The van der Waals surface area contributed by atoms with Gasteiger partial charge < -0.3 is 14.4 Å². The Kier molecular flexibility index (Phi) is 5.38. The first-order valence-corrected chi connectivity index (χ1v) is 9.60. The second-order valence-electron chi connectivity index (χ2n) is 7.46. The number of carbonyl (C=O) groups excluding carboxylic acids is 1. The van der Waals surface area contributed by atoms with Gasteiger partial charge in [-0.15, -0.1) is 0 Å². The number of likely N-dealkylation sites (tertiary alicyclic amines) is 1. The van der Waals surface area contributed by atoms with E-state index in [2.05, 4.69) is 11.1 Å². The van der Waals surface area contributed by atoms with Crippen LogP contribution in [0.2, 0.25) is 0 Å². The molecule has 0 unspecified atom stereocenters. The Morgan fingerprint density at radius 3 is 3.04 bits per heavy atom. The van der Waals surface area contributed by atoms with Crippen molar-refractivity contribution in [3.05, 3.63) is 65.5 Å². The Balaban J connectivity index is 1.28. The minimum Gasteiger partial charge on any atom is -0.377 e. The summed E-state index contributed by atoms with van der Waals surface area (Å²) in [6.07, 6.45) is 5.49. The molecular formula is C22H23N3O3. The van der Waals surface area contributed by atoms with Gasteiger partial charge in [-0.25, -0.2) is 0 Å². The third kappa shape index (κ3) is 3.77. The maximum absolute atomic E-state index is 12.7. The van der Waals surface area contributed by atoms with Crippen LogP contribution in [0.25, 0.3) is 0 Å². The Hall–Kier alpha value is -2.75. The second-order valence-corrected chi connectivity index (χ2v) is 7.46. The number of nitriles is 1. The molecule has 1 aromatic heterocycles. The molecule has 144 valence electrons. The van der Waals surface area contributed by atoms with Crippen LogP contribution >= 0.6 is 0 Å². The molecule has 2 fully saturated rings. The van der Waals surface area contributed by atoms with E-state index in [1.165, 1.54) is 0 Å². The van der Waals surface area contributed by atoms with E-state index in [1.54, 1.807) is 30.5 Å². The van der Waals surface area contributed by atoms with Gasteiger partial charge in [0.25, 0.3) is 5.91 Å². The molecule has 1 aromatic carbocycles. The average Bonchev–Trinajstić information content (AvgIpc) is 3.14. The van der Waals surface area contributed by atoms with Crippen LogP contribution in [0.4, 0.5) is 0 Å². The first-order valence-electron chi connectivity index (χ1n) is 9.60. The van der Waals surface area contributed by atoms with Gasteiger partial charge in [-0.2, -0.15) is 5.26 Å². The van der Waals surface area contributed by atoms with Crippen LogP contribution in [0.3, 0.4) is 0 Å². The van der Waals surface area contributed by atoms with Crippen LogP contribution < -0.4 is 0 Å². The van der Waals surface area contributed by atoms with E-state index in [0.29, 0.717) is 43.3 Å². The van der Waals surface area contributed by atoms with E-state index in [-0.39, 0.29) is 11.5 Å². The van der Waals surface area contributed by atoms with Crippen molar-refractivity contribution in [1.29, 1.82) is 5.26 Å². The quantitative estimate of drug-likeness (QED) is 0.724. The number of hydrogen-bond acceptors (Lipinski definition) is 5. The molecule has 1 amide bonds. The summed E-state index contributed by atoms with van der Waals surface area (Å²) in [5, 5.41) is 9.02. The summed E-state index contributed by atoms with van der Waals surface area (Å²) in [5.74, 6) is 0.362. The molecule has 0 N–H and O–H groups in total. The monoisotopic (exact) mass is 377 g/mol. The molecule has 0 bridgehead atoms. The van der Waals surface area contributed by atoms with Crippen LogP contribution in [0.15, 0.2) is 48.8 Å². The lowest BCUT2D eigenvalue weighted by atomic mass is 9.79. The predicted octanol–water partition coefficient (Wildman–Crippen LogP) is 2.79. The van der Waals surface area contributed by atoms with E-state index in [4.69, 9.17) is 14.7 Å². The van der Waals surface area contributed by atoms with Gasteiger partial charge in [0.2, 0.25) is 0 Å². The lowest BCUT2D eigenvalue weighted by Crippen LogP contribution is -2.66. The van der Waals surface area contributed by atoms with Crippen molar-refractivity contribution in [3.63, 3.8) is 0 Å². The molecule has 1 spiro atoms. The fourth-order valence-electron chi connectivity index (χ4n) is 4.09. The highest BCUT2D eigenvalue weighted by Crippen LogP contribution is 2.42. The average molecular weight is 377 g/mol. The zero-order valence-electron chi connectivity index (χ0n) is 15.7. The summed E-state index contributed by atoms with van der Waals surface area (Å²) in [5.41, 5.74) is 1.89. The molecule has 0 radical (unpaired) electrons. The number of benzene rings is 1. The summed E-state index contributed by atoms with van der Waals surface area (Å²) in [6.45, 7) is 3.18. The summed E-state index contributed by atoms with van der Waals surface area (Å²) < 4.78 is 11.9. The fourth-order valence-corrected chi connectivity index (χ4v) is 4.09. The molecular weight excluding hydrogens is 354 g/mol. The van der Waals surface area contributed by atoms with Crippen molar-refractivity contribution in [1.82, 2.24) is 9.88 Å². The van der Waals surface area contributed by atoms with Crippen LogP contribution in [0.5, 0.6) is 0 Å². The highest BCUT2D eigenvalue weighted by Gasteiger charge is 2.54. The largest absolute Gasteiger partial charge is 0.377 e. The number of hydrogen-bond donors (Lipinski definition) is 0. The van der Waals surface area contributed by atoms with Crippen molar-refractivity contribution in [2.24, 2.45) is 5.92 Å². The van der Waals surface area contributed by atoms with Crippen LogP contribution in [0.1, 0.15) is 34.3 Å². The molecule has 0 saturated carbocycles. The molecule has 28 heavy (non-hydrogen) atoms. The van der Waals surface area contributed by atoms with Crippen molar-refractivity contribution in [2.75, 3.05) is 26.3 Å². The molecule has 2 saturated heterocycles. The molecule has 2 aromatic rings. The second kappa shape index (κ2) is 8.09. The smallest absolute Gasteiger partial charge is 0.254 e. The third-order valence-corrected chi connectivity index (χ3v) is 5.64. The minimum absolute atomic E-state index is 0.0372. The number of carbonyl (C=O) groups is 1. The molecule has 3 heterocycles. The topological polar surface area (TPSA) is 75.5 Å². The van der Waals surface area contributed by atoms with Gasteiger partial charge in [-0.1, -0.05) is 12.1 Å². The van der Waals surface area contributed by atoms with Crippen LogP contribution in [0, 0.1) is 17.2 Å². The first kappa shape index (κ1) is 18.6. The molecule has 6 heteroatoms. The summed E-state index contributed by atoms with van der Waals surface area (Å²) in [7, 11) is 0. The van der Waals surface area contributed by atoms with Crippen LogP contribution in [-0.2, 0) is 16.1 Å². The van der Waals surface area contributed by atoms with E-state index in [9.17, 15) is 4.79 Å². The van der Waals surface area contributed by atoms with Crippen molar-refractivity contribution in [3.8, 4) is 6.07 Å². The number of nitrogens with zero attached hydrogens (tertiary/aromatic N) is 3. The lowest BCUT2D eigenvalue weighted by Gasteiger charge is -2.50. The first-order chi connectivity index (χ1) is 13.7. The van der Waals surface area contributed by atoms with Gasteiger partial charge in [-0.05, 0) is 48.6 Å². The van der Waals surface area contributed by atoms with Gasteiger partial charge in [0, 0.05) is 31.2 Å². The van der Waals surface area contributed by atoms with E-state index in [0.717, 1.165) is 25.0 Å². The van der Waals surface area contributed by atoms with Gasteiger partial charge in [0.1, 0.15) is 5.60 Å². The Morgan fingerprint density at radius 1 is 1.36 bits per heavy atom. The fraction of sp³-hybridized carbons (Fsp3) is 0.409. The molecule has 0 aliphatic carbocycles. The summed E-state index contributed by atoms with van der Waals surface area (Å²) in [4.78, 5) is 18.6. The molecule has 2 aliphatic heterocycles. The standard InChI is InChI=1S/C22H23N3O3/c23-12-17-3-1-5-19(11-17)21(26)25-15-22(16-25)20(7-10-28-22)6-9-27-14-18-4-2-8-24-13-18/h1-5,8,11,13,20H,6-7,9-10,14-16H2/t20-/m0/s1. The molecule has 6 nitrogen and oxygen atoms in total. The van der Waals surface area contributed by atoms with Crippen molar-refractivity contribution < 1.29 is 14.3 Å². The zero-order valence-corrected chi connectivity index (χ0v) is 15.7. The van der Waals surface area contributed by atoms with Crippen molar-refractivity contribution in [2.45, 2.75) is 25.0 Å². The number of ether oxygens (including phenoxy) is 2. The highest BCUT2D eigenvalue weighted by molar-refractivity contribution is 5.95. The van der Waals surface area contributed by atoms with Crippen LogP contribution in [-0.4, -0.2) is 47.7 Å². The minimum atomic E-state index is -0.236. The highest BCUT2D eigenvalue weighted by atomic mass is 16.5. The Bertz CT molecular complexity index is 872. The van der Waals surface area contributed by atoms with Gasteiger partial charge in [-0.3, -0.25) is 9.78 Å². The lowest BCUT2D eigenvalue weighted by molar-refractivity contribution is -0.120. The molecule has 4 rings (SSSR count). The maximum atomic E-state index is 12.7. The maximum Gasteiger partial charge on any atom is 0.254 e. The third-order valence-electron chi connectivity index (χ3n) is 5.64. The SMILES string of the molecule is N#Cc1cccc(C(=O)N2CC3(C2)OCC[C@@H]3CCOCc2cccnc2)c1. The summed E-state index contributed by atoms with van der Waals surface area (Å²) >= 11 is 0. The number of aromatic nitrogens is 1. The van der Waals surface area contributed by atoms with Crippen molar-refractivity contribution >= 4 is 5.91 Å². The van der Waals surface area contributed by atoms with Gasteiger partial charge >= 0.3 is 0 Å². The zero-order chi connectivity index (χ0) is 19.4. The predicted molar refractivity (Wildman–Crippen MR) is 102 cm³/mol.